The second kappa shape index (κ2) is 5.27. The van der Waals surface area contributed by atoms with Gasteiger partial charge >= 0.3 is 0 Å². The molecule has 2 rings (SSSR count). The molecule has 0 amide bonds. The first kappa shape index (κ1) is 12.7. The van der Waals surface area contributed by atoms with Crippen molar-refractivity contribution in [3.05, 3.63) is 41.6 Å². The van der Waals surface area contributed by atoms with E-state index < -0.39 is 0 Å². The maximum Gasteiger partial charge on any atom is 0.139 e. The van der Waals surface area contributed by atoms with E-state index >= 15 is 0 Å². The van der Waals surface area contributed by atoms with Gasteiger partial charge in [-0.15, -0.1) is 0 Å². The SMILES string of the molecule is CCCc1nccn1-c1cc(C(N)=S)cc(C)n1. The zero-order valence-electron chi connectivity index (χ0n) is 10.6. The van der Waals surface area contributed by atoms with Crippen LogP contribution in [0.1, 0.15) is 30.4 Å². The van der Waals surface area contributed by atoms with Gasteiger partial charge in [-0.3, -0.25) is 4.57 Å². The van der Waals surface area contributed by atoms with Crippen LogP contribution in [-0.4, -0.2) is 19.5 Å². The molecule has 94 valence electrons. The Bertz CT molecular complexity index is 574. The Morgan fingerprint density at radius 1 is 1.44 bits per heavy atom. The summed E-state index contributed by atoms with van der Waals surface area (Å²) in [5, 5.41) is 0. The minimum Gasteiger partial charge on any atom is -0.389 e. The third kappa shape index (κ3) is 2.56. The summed E-state index contributed by atoms with van der Waals surface area (Å²) in [7, 11) is 0. The molecule has 2 heterocycles. The maximum absolute atomic E-state index is 5.68. The highest BCUT2D eigenvalue weighted by molar-refractivity contribution is 7.80. The van der Waals surface area contributed by atoms with Gasteiger partial charge in [-0.1, -0.05) is 19.1 Å². The fourth-order valence-corrected chi connectivity index (χ4v) is 1.99. The van der Waals surface area contributed by atoms with E-state index in [0.717, 1.165) is 35.7 Å². The summed E-state index contributed by atoms with van der Waals surface area (Å²) in [4.78, 5) is 9.24. The lowest BCUT2D eigenvalue weighted by atomic mass is 10.2. The first-order valence-corrected chi connectivity index (χ1v) is 6.33. The van der Waals surface area contributed by atoms with Crippen LogP contribution in [-0.2, 0) is 6.42 Å². The van der Waals surface area contributed by atoms with Gasteiger partial charge < -0.3 is 5.73 Å². The zero-order chi connectivity index (χ0) is 13.1. The Morgan fingerprint density at radius 2 is 2.22 bits per heavy atom. The van der Waals surface area contributed by atoms with Gasteiger partial charge in [-0.05, 0) is 25.5 Å². The molecule has 0 spiro atoms. The van der Waals surface area contributed by atoms with Crippen molar-refractivity contribution in [3.63, 3.8) is 0 Å². The van der Waals surface area contributed by atoms with E-state index in [-0.39, 0.29) is 0 Å². The number of nitrogens with two attached hydrogens (primary N) is 1. The van der Waals surface area contributed by atoms with Crippen molar-refractivity contribution in [3.8, 4) is 5.82 Å². The molecular weight excluding hydrogens is 244 g/mol. The van der Waals surface area contributed by atoms with Crippen LogP contribution in [0.15, 0.2) is 24.5 Å². The molecule has 18 heavy (non-hydrogen) atoms. The van der Waals surface area contributed by atoms with Crippen LogP contribution in [0.4, 0.5) is 0 Å². The largest absolute Gasteiger partial charge is 0.389 e. The molecule has 0 radical (unpaired) electrons. The summed E-state index contributed by atoms with van der Waals surface area (Å²) in [6, 6.07) is 3.79. The molecule has 0 bridgehead atoms. The number of hydrogen-bond acceptors (Lipinski definition) is 3. The standard InChI is InChI=1S/C13H16N4S/c1-3-4-11-15-5-6-17(11)12-8-10(13(14)18)7-9(2)16-12/h5-8H,3-4H2,1-2H3,(H2,14,18). The predicted molar refractivity (Wildman–Crippen MR) is 76.0 cm³/mol. The molecule has 0 aromatic carbocycles. The van der Waals surface area contributed by atoms with Crippen molar-refractivity contribution in [2.45, 2.75) is 26.7 Å². The van der Waals surface area contributed by atoms with E-state index in [0.29, 0.717) is 4.99 Å². The molecule has 5 heteroatoms. The van der Waals surface area contributed by atoms with Gasteiger partial charge in [-0.25, -0.2) is 9.97 Å². The third-order valence-corrected chi connectivity index (χ3v) is 2.90. The molecule has 4 nitrogen and oxygen atoms in total. The van der Waals surface area contributed by atoms with E-state index in [4.69, 9.17) is 18.0 Å². The number of aromatic nitrogens is 3. The van der Waals surface area contributed by atoms with Crippen molar-refractivity contribution in [1.29, 1.82) is 0 Å². The van der Waals surface area contributed by atoms with Gasteiger partial charge in [0, 0.05) is 30.1 Å². The van der Waals surface area contributed by atoms with Gasteiger partial charge in [0.25, 0.3) is 0 Å². The van der Waals surface area contributed by atoms with Gasteiger partial charge in [0.15, 0.2) is 0 Å². The van der Waals surface area contributed by atoms with Crippen molar-refractivity contribution in [1.82, 2.24) is 14.5 Å². The van der Waals surface area contributed by atoms with Gasteiger partial charge in [0.05, 0.1) is 0 Å². The molecule has 0 aliphatic rings. The fraction of sp³-hybridized carbons (Fsp3) is 0.308. The maximum atomic E-state index is 5.68. The van der Waals surface area contributed by atoms with E-state index in [1.54, 1.807) is 6.20 Å². The smallest absolute Gasteiger partial charge is 0.139 e. The number of aryl methyl sites for hydroxylation is 2. The molecule has 2 aromatic rings. The number of thiocarbonyl (C=S) groups is 1. The Labute approximate surface area is 112 Å². The molecule has 0 atom stereocenters. The van der Waals surface area contributed by atoms with Crippen molar-refractivity contribution >= 4 is 17.2 Å². The highest BCUT2D eigenvalue weighted by atomic mass is 32.1. The lowest BCUT2D eigenvalue weighted by molar-refractivity contribution is 0.796. The Morgan fingerprint density at radius 3 is 2.89 bits per heavy atom. The van der Waals surface area contributed by atoms with Gasteiger partial charge in [0.2, 0.25) is 0 Å². The van der Waals surface area contributed by atoms with Crippen LogP contribution < -0.4 is 5.73 Å². The van der Waals surface area contributed by atoms with E-state index in [9.17, 15) is 0 Å². The normalized spacial score (nSPS) is 10.6. The Balaban J connectivity index is 2.49. The summed E-state index contributed by atoms with van der Waals surface area (Å²) in [6.07, 6.45) is 5.67. The molecule has 0 unspecified atom stereocenters. The van der Waals surface area contributed by atoms with Crippen LogP contribution in [0.2, 0.25) is 0 Å². The summed E-state index contributed by atoms with van der Waals surface area (Å²) < 4.78 is 1.98. The Kier molecular flexibility index (Phi) is 3.72. The second-order valence-electron chi connectivity index (χ2n) is 4.18. The number of nitrogens with zero attached hydrogens (tertiary/aromatic N) is 3. The second-order valence-corrected chi connectivity index (χ2v) is 4.62. The topological polar surface area (TPSA) is 56.7 Å². The monoisotopic (exact) mass is 260 g/mol. The third-order valence-electron chi connectivity index (χ3n) is 2.66. The average molecular weight is 260 g/mol. The first-order chi connectivity index (χ1) is 8.61. The number of imidazole rings is 1. The zero-order valence-corrected chi connectivity index (χ0v) is 11.4. The molecular formula is C13H16N4S. The first-order valence-electron chi connectivity index (χ1n) is 5.93. The van der Waals surface area contributed by atoms with Crippen molar-refractivity contribution < 1.29 is 0 Å². The summed E-state index contributed by atoms with van der Waals surface area (Å²) >= 11 is 5.02. The Hall–Kier alpha value is -1.75. The predicted octanol–water partition coefficient (Wildman–Crippen LogP) is 2.16. The van der Waals surface area contributed by atoms with E-state index in [1.165, 1.54) is 0 Å². The molecule has 0 saturated carbocycles. The molecule has 2 aromatic heterocycles. The molecule has 0 aliphatic heterocycles. The van der Waals surface area contributed by atoms with Crippen LogP contribution in [0, 0.1) is 6.92 Å². The molecule has 0 fully saturated rings. The van der Waals surface area contributed by atoms with Crippen LogP contribution in [0.25, 0.3) is 5.82 Å². The van der Waals surface area contributed by atoms with Crippen molar-refractivity contribution in [2.24, 2.45) is 5.73 Å². The number of hydrogen-bond donors (Lipinski definition) is 1. The molecule has 0 saturated heterocycles. The highest BCUT2D eigenvalue weighted by Gasteiger charge is 2.08. The lowest BCUT2D eigenvalue weighted by Gasteiger charge is -2.09. The van der Waals surface area contributed by atoms with Crippen LogP contribution in [0.5, 0.6) is 0 Å². The molecule has 0 aliphatic carbocycles. The van der Waals surface area contributed by atoms with Crippen LogP contribution in [0.3, 0.4) is 0 Å². The number of pyridine rings is 1. The summed E-state index contributed by atoms with van der Waals surface area (Å²) in [6.45, 7) is 4.06. The van der Waals surface area contributed by atoms with Gasteiger partial charge in [0.1, 0.15) is 16.6 Å². The van der Waals surface area contributed by atoms with E-state index in [1.807, 2.05) is 29.8 Å². The summed E-state index contributed by atoms with van der Waals surface area (Å²) in [5.74, 6) is 1.82. The van der Waals surface area contributed by atoms with Crippen molar-refractivity contribution in [2.75, 3.05) is 0 Å². The van der Waals surface area contributed by atoms with Gasteiger partial charge in [-0.2, -0.15) is 0 Å². The minimum atomic E-state index is 0.388. The van der Waals surface area contributed by atoms with E-state index in [2.05, 4.69) is 16.9 Å². The highest BCUT2D eigenvalue weighted by Crippen LogP contribution is 2.13. The average Bonchev–Trinajstić information content (AvgIpc) is 2.77. The number of rotatable bonds is 4. The quantitative estimate of drug-likeness (QED) is 0.856. The molecule has 2 N–H and O–H groups in total. The van der Waals surface area contributed by atoms with Crippen LogP contribution >= 0.6 is 12.2 Å². The fourth-order valence-electron chi connectivity index (χ4n) is 1.87. The summed E-state index contributed by atoms with van der Waals surface area (Å²) in [5.41, 5.74) is 7.41. The minimum absolute atomic E-state index is 0.388. The lowest BCUT2D eigenvalue weighted by Crippen LogP contribution is -2.12.